The summed E-state index contributed by atoms with van der Waals surface area (Å²) in [4.78, 5) is 26.6. The fraction of sp³-hybridized carbons (Fsp3) is 0.526. The molecule has 1 aliphatic heterocycles. The Balaban J connectivity index is 1.66. The smallest absolute Gasteiger partial charge is 0.340 e. The molecule has 6 heteroatoms. The van der Waals surface area contributed by atoms with Gasteiger partial charge in [0.1, 0.15) is 12.4 Å². The number of amides is 1. The first kappa shape index (κ1) is 17.5. The minimum absolute atomic E-state index is 0.00236. The van der Waals surface area contributed by atoms with Gasteiger partial charge in [-0.15, -0.1) is 0 Å². The van der Waals surface area contributed by atoms with Gasteiger partial charge in [0.05, 0.1) is 0 Å². The van der Waals surface area contributed by atoms with E-state index in [4.69, 9.17) is 0 Å². The Bertz CT molecular complexity index is 789. The molecular weight excluding hydrogens is 316 g/mol. The van der Waals surface area contributed by atoms with Gasteiger partial charge in [0.2, 0.25) is 5.91 Å². The van der Waals surface area contributed by atoms with Gasteiger partial charge in [-0.3, -0.25) is 9.36 Å². The summed E-state index contributed by atoms with van der Waals surface area (Å²) >= 11 is 0. The van der Waals surface area contributed by atoms with E-state index in [1.807, 2.05) is 12.1 Å². The van der Waals surface area contributed by atoms with E-state index in [0.29, 0.717) is 13.1 Å². The average Bonchev–Trinajstić information content (AvgIpc) is 2.79. The van der Waals surface area contributed by atoms with Crippen molar-refractivity contribution in [1.82, 2.24) is 19.2 Å². The second-order valence-corrected chi connectivity index (χ2v) is 6.74. The molecule has 0 radical (unpaired) electrons. The molecule has 6 nitrogen and oxygen atoms in total. The Hall–Kier alpha value is -2.37. The highest BCUT2D eigenvalue weighted by Crippen LogP contribution is 2.11. The third kappa shape index (κ3) is 4.00. The first-order valence-corrected chi connectivity index (χ1v) is 9.06. The molecule has 2 heterocycles. The molecule has 0 atom stereocenters. The largest absolute Gasteiger partial charge is 0.346 e. The number of hydrogen-bond donors (Lipinski definition) is 0. The Morgan fingerprint density at radius 1 is 1.16 bits per heavy atom. The molecule has 25 heavy (non-hydrogen) atoms. The van der Waals surface area contributed by atoms with Crippen molar-refractivity contribution in [2.45, 2.75) is 58.7 Å². The number of benzene rings is 1. The van der Waals surface area contributed by atoms with Crippen molar-refractivity contribution in [3.63, 3.8) is 0 Å². The van der Waals surface area contributed by atoms with Crippen molar-refractivity contribution in [2.75, 3.05) is 7.05 Å². The van der Waals surface area contributed by atoms with Gasteiger partial charge in [-0.05, 0) is 30.4 Å². The lowest BCUT2D eigenvalue weighted by atomic mass is 10.1. The van der Waals surface area contributed by atoms with Crippen LogP contribution in [0.2, 0.25) is 0 Å². The first-order chi connectivity index (χ1) is 12.1. The van der Waals surface area contributed by atoms with Crippen LogP contribution >= 0.6 is 0 Å². The number of carbonyl (C=O) groups is 1. The van der Waals surface area contributed by atoms with Gasteiger partial charge >= 0.3 is 5.69 Å². The fourth-order valence-corrected chi connectivity index (χ4v) is 3.22. The van der Waals surface area contributed by atoms with E-state index in [2.05, 4.69) is 24.2 Å². The number of likely N-dealkylation sites (N-methyl/N-ethyl adjacent to an activating group) is 1. The molecule has 1 aromatic carbocycles. The SMILES string of the molecule is CCc1ccc(CN(C)C(=O)Cn2nc3n(c2=O)CCCCC3)cc1. The van der Waals surface area contributed by atoms with Crippen molar-refractivity contribution in [2.24, 2.45) is 0 Å². The van der Waals surface area contributed by atoms with E-state index < -0.39 is 0 Å². The summed E-state index contributed by atoms with van der Waals surface area (Å²) in [5, 5.41) is 4.38. The molecule has 0 spiro atoms. The second-order valence-electron chi connectivity index (χ2n) is 6.74. The molecule has 0 saturated heterocycles. The standard InChI is InChI=1S/C19H26N4O2/c1-3-15-8-10-16(11-9-15)13-21(2)18(24)14-23-19(25)22-12-6-4-5-7-17(22)20-23/h8-11H,3-7,12-14H2,1-2H3. The third-order valence-electron chi connectivity index (χ3n) is 4.84. The predicted molar refractivity (Wildman–Crippen MR) is 96.3 cm³/mol. The van der Waals surface area contributed by atoms with Crippen LogP contribution in [0, 0.1) is 0 Å². The molecule has 1 aromatic heterocycles. The van der Waals surface area contributed by atoms with Crippen LogP contribution in [0.4, 0.5) is 0 Å². The zero-order chi connectivity index (χ0) is 17.8. The molecule has 2 aromatic rings. The van der Waals surface area contributed by atoms with Crippen molar-refractivity contribution in [3.8, 4) is 0 Å². The Morgan fingerprint density at radius 2 is 1.88 bits per heavy atom. The molecule has 0 saturated carbocycles. The molecule has 1 aliphatic rings. The Morgan fingerprint density at radius 3 is 2.60 bits per heavy atom. The number of aromatic nitrogens is 3. The average molecular weight is 342 g/mol. The van der Waals surface area contributed by atoms with Gasteiger partial charge in [-0.2, -0.15) is 5.10 Å². The minimum atomic E-state index is -0.161. The highest BCUT2D eigenvalue weighted by Gasteiger charge is 2.18. The molecule has 134 valence electrons. The van der Waals surface area contributed by atoms with Gasteiger partial charge in [0.15, 0.2) is 0 Å². The van der Waals surface area contributed by atoms with E-state index in [1.165, 1.54) is 10.2 Å². The van der Waals surface area contributed by atoms with E-state index in [-0.39, 0.29) is 18.1 Å². The maximum Gasteiger partial charge on any atom is 0.346 e. The van der Waals surface area contributed by atoms with Gasteiger partial charge in [-0.1, -0.05) is 37.6 Å². The highest BCUT2D eigenvalue weighted by atomic mass is 16.2. The lowest BCUT2D eigenvalue weighted by Gasteiger charge is -2.17. The number of aryl methyl sites for hydroxylation is 2. The fourth-order valence-electron chi connectivity index (χ4n) is 3.22. The van der Waals surface area contributed by atoms with Gasteiger partial charge < -0.3 is 4.90 Å². The van der Waals surface area contributed by atoms with Crippen LogP contribution in [0.1, 0.15) is 43.1 Å². The van der Waals surface area contributed by atoms with Crippen LogP contribution in [0.15, 0.2) is 29.1 Å². The Kier molecular flexibility index (Phi) is 5.36. The molecule has 0 bridgehead atoms. The zero-order valence-corrected chi connectivity index (χ0v) is 15.1. The maximum absolute atomic E-state index is 12.5. The summed E-state index contributed by atoms with van der Waals surface area (Å²) in [6.45, 7) is 3.37. The first-order valence-electron chi connectivity index (χ1n) is 9.06. The van der Waals surface area contributed by atoms with Crippen molar-refractivity contribution >= 4 is 5.91 Å². The summed E-state index contributed by atoms with van der Waals surface area (Å²) in [5.74, 6) is 0.711. The van der Waals surface area contributed by atoms with Crippen LogP contribution in [-0.2, 0) is 37.3 Å². The number of rotatable bonds is 5. The van der Waals surface area contributed by atoms with E-state index in [0.717, 1.165) is 43.5 Å². The van der Waals surface area contributed by atoms with E-state index >= 15 is 0 Å². The number of hydrogen-bond acceptors (Lipinski definition) is 3. The summed E-state index contributed by atoms with van der Waals surface area (Å²) in [6.07, 6.45) is 5.00. The van der Waals surface area contributed by atoms with Gasteiger partial charge in [-0.25, -0.2) is 9.48 Å². The maximum atomic E-state index is 12.5. The van der Waals surface area contributed by atoms with Crippen LogP contribution < -0.4 is 5.69 Å². The minimum Gasteiger partial charge on any atom is -0.340 e. The molecule has 0 N–H and O–H groups in total. The lowest BCUT2D eigenvalue weighted by Crippen LogP contribution is -2.34. The topological polar surface area (TPSA) is 60.1 Å². The van der Waals surface area contributed by atoms with Crippen molar-refractivity contribution < 1.29 is 4.79 Å². The van der Waals surface area contributed by atoms with E-state index in [1.54, 1.807) is 16.5 Å². The van der Waals surface area contributed by atoms with Crippen molar-refractivity contribution in [3.05, 3.63) is 51.7 Å². The number of carbonyl (C=O) groups excluding carboxylic acids is 1. The number of fused-ring (bicyclic) bond motifs is 1. The summed E-state index contributed by atoms with van der Waals surface area (Å²) < 4.78 is 3.05. The second kappa shape index (κ2) is 7.68. The Labute approximate surface area is 148 Å². The quantitative estimate of drug-likeness (QED) is 0.835. The van der Waals surface area contributed by atoms with Crippen LogP contribution in [0.3, 0.4) is 0 Å². The van der Waals surface area contributed by atoms with Crippen LogP contribution in [-0.4, -0.2) is 32.2 Å². The zero-order valence-electron chi connectivity index (χ0n) is 15.1. The van der Waals surface area contributed by atoms with Crippen LogP contribution in [0.5, 0.6) is 0 Å². The monoisotopic (exact) mass is 342 g/mol. The predicted octanol–water partition coefficient (Wildman–Crippen LogP) is 1.99. The van der Waals surface area contributed by atoms with Gasteiger partial charge in [0, 0.05) is 26.6 Å². The highest BCUT2D eigenvalue weighted by molar-refractivity contribution is 5.75. The molecule has 3 rings (SSSR count). The molecule has 0 unspecified atom stereocenters. The summed E-state index contributed by atoms with van der Waals surface area (Å²) in [5.41, 5.74) is 2.20. The van der Waals surface area contributed by atoms with Crippen LogP contribution in [0.25, 0.3) is 0 Å². The summed E-state index contributed by atoms with van der Waals surface area (Å²) in [6, 6.07) is 8.27. The van der Waals surface area contributed by atoms with E-state index in [9.17, 15) is 9.59 Å². The molecule has 0 fully saturated rings. The van der Waals surface area contributed by atoms with Gasteiger partial charge in [0.25, 0.3) is 0 Å². The molecule has 0 aliphatic carbocycles. The molecule has 1 amide bonds. The number of nitrogens with zero attached hydrogens (tertiary/aromatic N) is 4. The lowest BCUT2D eigenvalue weighted by molar-refractivity contribution is -0.131. The third-order valence-corrected chi connectivity index (χ3v) is 4.84. The summed E-state index contributed by atoms with van der Waals surface area (Å²) in [7, 11) is 1.77. The van der Waals surface area contributed by atoms with Crippen molar-refractivity contribution in [1.29, 1.82) is 0 Å². The normalized spacial score (nSPS) is 14.0. The molecular formula is C19H26N4O2.